The van der Waals surface area contributed by atoms with Gasteiger partial charge in [-0.1, -0.05) is 18.2 Å². The maximum absolute atomic E-state index is 12.4. The van der Waals surface area contributed by atoms with Crippen LogP contribution in [0.15, 0.2) is 84.0 Å². The summed E-state index contributed by atoms with van der Waals surface area (Å²) in [6, 6.07) is 14.4. The van der Waals surface area contributed by atoms with Gasteiger partial charge < -0.3 is 15.4 Å². The summed E-state index contributed by atoms with van der Waals surface area (Å²) in [5.41, 5.74) is 1.73. The van der Waals surface area contributed by atoms with Crippen LogP contribution in [-0.4, -0.2) is 38.0 Å². The lowest BCUT2D eigenvalue weighted by atomic mass is 10.1. The molecular weight excluding hydrogens is 519 g/mol. The van der Waals surface area contributed by atoms with E-state index in [4.69, 9.17) is 11.6 Å². The third kappa shape index (κ3) is 7.99. The summed E-state index contributed by atoms with van der Waals surface area (Å²) in [5, 5.41) is 5.78. The molecule has 3 aromatic rings. The van der Waals surface area contributed by atoms with Crippen molar-refractivity contribution in [3.8, 4) is 17.0 Å². The molecule has 0 atom stereocenters. The Bertz CT molecular complexity index is 1330. The molecule has 2 aromatic carbocycles. The number of carbonyl (C=O) groups is 1. The highest BCUT2D eigenvalue weighted by molar-refractivity contribution is 7.91. The van der Waals surface area contributed by atoms with Crippen LogP contribution in [0.3, 0.4) is 0 Å². The van der Waals surface area contributed by atoms with Crippen molar-refractivity contribution < 1.29 is 31.1 Å². The van der Waals surface area contributed by atoms with Crippen LogP contribution in [0.2, 0.25) is 5.02 Å². The Hall–Kier alpha value is -3.57. The van der Waals surface area contributed by atoms with Crippen LogP contribution in [-0.2, 0) is 21.2 Å². The molecule has 0 spiro atoms. The van der Waals surface area contributed by atoms with E-state index in [1.807, 2.05) is 0 Å². The molecule has 190 valence electrons. The number of hydrogen-bond donors (Lipinski definition) is 2. The number of halogens is 4. The molecule has 0 fully saturated rings. The predicted molar refractivity (Wildman–Crippen MR) is 129 cm³/mol. The van der Waals surface area contributed by atoms with Crippen LogP contribution in [0.1, 0.15) is 5.56 Å². The molecule has 0 aliphatic heterocycles. The van der Waals surface area contributed by atoms with Gasteiger partial charge in [0.25, 0.3) is 5.91 Å². The van der Waals surface area contributed by atoms with Gasteiger partial charge in [0.05, 0.1) is 22.0 Å². The number of pyridine rings is 1. The van der Waals surface area contributed by atoms with Crippen LogP contribution in [0.4, 0.5) is 13.2 Å². The van der Waals surface area contributed by atoms with Gasteiger partial charge in [-0.25, -0.2) is 8.42 Å². The van der Waals surface area contributed by atoms with Crippen molar-refractivity contribution in [1.29, 1.82) is 0 Å². The fourth-order valence-electron chi connectivity index (χ4n) is 3.03. The van der Waals surface area contributed by atoms with Crippen LogP contribution in [0.25, 0.3) is 11.3 Å². The number of nitrogens with one attached hydrogen (secondary N) is 2. The van der Waals surface area contributed by atoms with E-state index >= 15 is 0 Å². The van der Waals surface area contributed by atoms with E-state index in [-0.39, 0.29) is 35.2 Å². The van der Waals surface area contributed by atoms with Crippen molar-refractivity contribution in [3.63, 3.8) is 0 Å². The first kappa shape index (κ1) is 27.0. The first-order valence-corrected chi connectivity index (χ1v) is 12.5. The van der Waals surface area contributed by atoms with Crippen LogP contribution < -0.4 is 15.4 Å². The van der Waals surface area contributed by atoms with Gasteiger partial charge in [-0.05, 0) is 66.2 Å². The number of sulfone groups is 1. The molecule has 1 heterocycles. The molecule has 0 unspecified atom stereocenters. The molecule has 7 nitrogen and oxygen atoms in total. The quantitative estimate of drug-likeness (QED) is 0.368. The van der Waals surface area contributed by atoms with Gasteiger partial charge >= 0.3 is 6.36 Å². The van der Waals surface area contributed by atoms with Gasteiger partial charge in [-0.2, -0.15) is 0 Å². The Morgan fingerprint density at radius 2 is 1.69 bits per heavy atom. The van der Waals surface area contributed by atoms with Crippen molar-refractivity contribution in [2.75, 3.05) is 12.3 Å². The first-order valence-electron chi connectivity index (χ1n) is 10.4. The maximum atomic E-state index is 12.4. The van der Waals surface area contributed by atoms with Crippen molar-refractivity contribution >= 4 is 27.3 Å². The minimum Gasteiger partial charge on any atom is -0.406 e. The van der Waals surface area contributed by atoms with Crippen molar-refractivity contribution in [1.82, 2.24) is 15.6 Å². The molecule has 0 radical (unpaired) electrons. The van der Waals surface area contributed by atoms with Crippen molar-refractivity contribution in [2.45, 2.75) is 17.8 Å². The number of alkyl halides is 3. The van der Waals surface area contributed by atoms with Gasteiger partial charge in [0.2, 0.25) is 0 Å². The molecule has 3 rings (SSSR count). The SMILES string of the molecule is C=C(NCCS(=O)(=O)c1ccc(Cl)cc1)C(=O)NCc1ccnc(-c2ccc(OC(F)(F)F)cc2)c1. The average Bonchev–Trinajstić information content (AvgIpc) is 2.82. The lowest BCUT2D eigenvalue weighted by Crippen LogP contribution is -2.33. The van der Waals surface area contributed by atoms with Crippen molar-refractivity contribution in [3.05, 3.63) is 89.7 Å². The second-order valence-electron chi connectivity index (χ2n) is 7.48. The highest BCUT2D eigenvalue weighted by Crippen LogP contribution is 2.26. The Morgan fingerprint density at radius 1 is 1.03 bits per heavy atom. The predicted octanol–water partition coefficient (Wildman–Crippen LogP) is 4.49. The molecule has 0 saturated heterocycles. The topological polar surface area (TPSA) is 97.4 Å². The number of carbonyl (C=O) groups excluding carboxylic acids is 1. The summed E-state index contributed by atoms with van der Waals surface area (Å²) in [7, 11) is -3.56. The number of ether oxygens (including phenoxy) is 1. The van der Waals surface area contributed by atoms with Crippen LogP contribution in [0, 0.1) is 0 Å². The number of hydrogen-bond acceptors (Lipinski definition) is 6. The number of rotatable bonds is 10. The Balaban J connectivity index is 1.50. The molecule has 12 heteroatoms. The molecule has 1 amide bonds. The summed E-state index contributed by atoms with van der Waals surface area (Å²) in [5.74, 6) is -1.12. The Kier molecular flexibility index (Phi) is 8.59. The number of aromatic nitrogens is 1. The highest BCUT2D eigenvalue weighted by Gasteiger charge is 2.31. The van der Waals surface area contributed by atoms with E-state index in [1.54, 1.807) is 12.1 Å². The van der Waals surface area contributed by atoms with Crippen LogP contribution in [0.5, 0.6) is 5.75 Å². The molecule has 0 bridgehead atoms. The van der Waals surface area contributed by atoms with Gasteiger partial charge in [-0.15, -0.1) is 13.2 Å². The van der Waals surface area contributed by atoms with Gasteiger partial charge in [0.15, 0.2) is 9.84 Å². The van der Waals surface area contributed by atoms with Gasteiger partial charge in [-0.3, -0.25) is 9.78 Å². The van der Waals surface area contributed by atoms with E-state index in [0.717, 1.165) is 0 Å². The second-order valence-corrected chi connectivity index (χ2v) is 10.0. The van der Waals surface area contributed by atoms with E-state index < -0.39 is 22.1 Å². The fourth-order valence-corrected chi connectivity index (χ4v) is 4.32. The van der Waals surface area contributed by atoms with E-state index in [2.05, 4.69) is 26.9 Å². The number of amides is 1. The zero-order valence-corrected chi connectivity index (χ0v) is 20.3. The minimum absolute atomic E-state index is 0.00385. The molecule has 0 saturated carbocycles. The molecule has 0 aliphatic rings. The first-order chi connectivity index (χ1) is 16.9. The second kappa shape index (κ2) is 11.4. The summed E-state index contributed by atoms with van der Waals surface area (Å²) in [6.45, 7) is 3.73. The maximum Gasteiger partial charge on any atom is 0.573 e. The number of benzene rings is 2. The lowest BCUT2D eigenvalue weighted by Gasteiger charge is -2.12. The fraction of sp³-hybridized carbons (Fsp3) is 0.167. The van der Waals surface area contributed by atoms with Crippen LogP contribution >= 0.6 is 11.6 Å². The molecule has 36 heavy (non-hydrogen) atoms. The minimum atomic E-state index is -4.78. The monoisotopic (exact) mass is 539 g/mol. The smallest absolute Gasteiger partial charge is 0.406 e. The Labute approximate surface area is 210 Å². The summed E-state index contributed by atoms with van der Waals surface area (Å²) < 4.78 is 65.5. The van der Waals surface area contributed by atoms with E-state index in [0.29, 0.717) is 21.8 Å². The summed E-state index contributed by atoms with van der Waals surface area (Å²) >= 11 is 5.78. The largest absolute Gasteiger partial charge is 0.573 e. The standard InChI is InChI=1S/C24H21ClF3N3O4S/c1-16(29-12-13-36(33,34)21-8-4-19(25)5-9-21)23(32)31-15-17-10-11-30-22(14-17)18-2-6-20(7-3-18)35-24(26,27)28/h2-11,14,29H,1,12-13,15H2,(H,31,32). The third-order valence-electron chi connectivity index (χ3n) is 4.82. The lowest BCUT2D eigenvalue weighted by molar-refractivity contribution is -0.274. The molecular formula is C24H21ClF3N3O4S. The normalized spacial score (nSPS) is 11.6. The summed E-state index contributed by atoms with van der Waals surface area (Å²) in [6.07, 6.45) is -3.27. The summed E-state index contributed by atoms with van der Waals surface area (Å²) in [4.78, 5) is 16.7. The van der Waals surface area contributed by atoms with Gasteiger partial charge in [0, 0.05) is 29.9 Å². The number of nitrogens with zero attached hydrogens (tertiary/aromatic N) is 1. The third-order valence-corrected chi connectivity index (χ3v) is 6.80. The zero-order valence-electron chi connectivity index (χ0n) is 18.7. The van der Waals surface area contributed by atoms with Gasteiger partial charge in [0.1, 0.15) is 5.75 Å². The molecule has 0 aliphatic carbocycles. The average molecular weight is 540 g/mol. The van der Waals surface area contributed by atoms with Crippen molar-refractivity contribution in [2.24, 2.45) is 0 Å². The van der Waals surface area contributed by atoms with E-state index in [9.17, 15) is 26.4 Å². The Morgan fingerprint density at radius 3 is 2.33 bits per heavy atom. The molecule has 2 N–H and O–H groups in total. The molecule has 1 aromatic heterocycles. The highest BCUT2D eigenvalue weighted by atomic mass is 35.5. The zero-order chi connectivity index (χ0) is 26.3. The van der Waals surface area contributed by atoms with E-state index in [1.165, 1.54) is 54.7 Å².